The average molecular weight is 305 g/mol. The van der Waals surface area contributed by atoms with Crippen molar-refractivity contribution in [1.82, 2.24) is 14.8 Å². The minimum atomic E-state index is -0.256. The van der Waals surface area contributed by atoms with E-state index in [9.17, 15) is 10.1 Å². The average Bonchev–Trinajstić information content (AvgIpc) is 3.01. The van der Waals surface area contributed by atoms with Crippen LogP contribution in [0.15, 0.2) is 24.3 Å². The molecule has 0 radical (unpaired) electrons. The summed E-state index contributed by atoms with van der Waals surface area (Å²) in [5.41, 5.74) is 2.17. The molecule has 0 saturated heterocycles. The molecule has 2 aliphatic rings. The number of fused-ring (bicyclic) bond motifs is 2. The molecule has 4 rings (SSSR count). The molecule has 114 valence electrons. The van der Waals surface area contributed by atoms with Crippen molar-refractivity contribution >= 4 is 22.7 Å². The van der Waals surface area contributed by atoms with Crippen LogP contribution < -0.4 is 5.32 Å². The lowest BCUT2D eigenvalue weighted by atomic mass is 10.0. The van der Waals surface area contributed by atoms with Gasteiger partial charge in [0.1, 0.15) is 17.5 Å². The summed E-state index contributed by atoms with van der Waals surface area (Å²) in [5.74, 6) is 1.15. The molecule has 0 spiro atoms. The van der Waals surface area contributed by atoms with E-state index in [2.05, 4.69) is 21.6 Å². The Hall–Kier alpha value is -2.94. The van der Waals surface area contributed by atoms with E-state index < -0.39 is 0 Å². The Bertz CT molecular complexity index is 871. The van der Waals surface area contributed by atoms with Gasteiger partial charge in [-0.3, -0.25) is 4.79 Å². The summed E-state index contributed by atoms with van der Waals surface area (Å²) in [4.78, 5) is 12.4. The molecule has 0 unspecified atom stereocenters. The molecule has 23 heavy (non-hydrogen) atoms. The first kappa shape index (κ1) is 13.7. The van der Waals surface area contributed by atoms with Crippen LogP contribution in [0, 0.1) is 11.3 Å². The predicted octanol–water partition coefficient (Wildman–Crippen LogP) is 2.39. The number of nitrogens with zero attached hydrogens (tertiary/aromatic N) is 4. The van der Waals surface area contributed by atoms with E-state index >= 15 is 0 Å². The van der Waals surface area contributed by atoms with E-state index in [4.69, 9.17) is 0 Å². The van der Waals surface area contributed by atoms with Gasteiger partial charge in [0.05, 0.1) is 5.57 Å². The first-order valence-electron chi connectivity index (χ1n) is 7.77. The number of amides is 1. The number of hydrogen-bond acceptors (Lipinski definition) is 4. The lowest BCUT2D eigenvalue weighted by Gasteiger charge is -2.07. The van der Waals surface area contributed by atoms with Crippen LogP contribution >= 0.6 is 0 Å². The summed E-state index contributed by atoms with van der Waals surface area (Å²) < 4.78 is 1.99. The summed E-state index contributed by atoms with van der Waals surface area (Å²) in [6.45, 7) is 0.791. The number of anilines is 1. The number of nitrogens with one attached hydrogen (secondary N) is 1. The van der Waals surface area contributed by atoms with E-state index in [0.29, 0.717) is 17.0 Å². The fourth-order valence-electron chi connectivity index (χ4n) is 3.25. The number of benzene rings is 1. The maximum Gasteiger partial charge on any atom is 0.257 e. The molecule has 0 atom stereocenters. The van der Waals surface area contributed by atoms with Gasteiger partial charge in [-0.2, -0.15) is 5.26 Å². The second-order valence-corrected chi connectivity index (χ2v) is 5.76. The molecule has 1 aromatic carbocycles. The van der Waals surface area contributed by atoms with E-state index in [1.165, 1.54) is 0 Å². The number of nitriles is 1. The highest BCUT2D eigenvalue weighted by Gasteiger charge is 2.30. The van der Waals surface area contributed by atoms with Gasteiger partial charge in [0.25, 0.3) is 5.91 Å². The highest BCUT2D eigenvalue weighted by atomic mass is 16.2. The topological polar surface area (TPSA) is 83.6 Å². The number of rotatable bonds is 1. The number of aryl methyl sites for hydroxylation is 1. The van der Waals surface area contributed by atoms with Gasteiger partial charge >= 0.3 is 0 Å². The Morgan fingerprint density at radius 3 is 2.96 bits per heavy atom. The Balaban J connectivity index is 1.92. The molecule has 1 N–H and O–H groups in total. The minimum absolute atomic E-state index is 0.256. The number of para-hydroxylation sites is 1. The lowest BCUT2D eigenvalue weighted by Crippen LogP contribution is -2.09. The molecule has 6 nitrogen and oxygen atoms in total. The van der Waals surface area contributed by atoms with E-state index in [1.54, 1.807) is 0 Å². The smallest absolute Gasteiger partial charge is 0.257 e. The number of carbonyl (C=O) groups excluding carboxylic acids is 1. The Kier molecular flexibility index (Phi) is 3.19. The number of allylic oxidation sites excluding steroid dienone is 1. The Labute approximate surface area is 133 Å². The van der Waals surface area contributed by atoms with Crippen LogP contribution in [0.25, 0.3) is 11.1 Å². The maximum atomic E-state index is 12.4. The van der Waals surface area contributed by atoms with Gasteiger partial charge in [-0.25, -0.2) is 0 Å². The van der Waals surface area contributed by atoms with Gasteiger partial charge in [0.15, 0.2) is 5.82 Å². The van der Waals surface area contributed by atoms with Crippen LogP contribution in [0.4, 0.5) is 5.69 Å². The van der Waals surface area contributed by atoms with Gasteiger partial charge in [0, 0.05) is 24.2 Å². The molecule has 1 amide bonds. The fourth-order valence-corrected chi connectivity index (χ4v) is 3.25. The third kappa shape index (κ3) is 2.13. The van der Waals surface area contributed by atoms with E-state index in [1.807, 2.05) is 28.8 Å². The molecular formula is C17H15N5O. The van der Waals surface area contributed by atoms with Crippen molar-refractivity contribution in [2.75, 3.05) is 5.32 Å². The monoisotopic (exact) mass is 305 g/mol. The second-order valence-electron chi connectivity index (χ2n) is 5.76. The van der Waals surface area contributed by atoms with Gasteiger partial charge < -0.3 is 9.88 Å². The minimum Gasteiger partial charge on any atom is -0.321 e. The first-order chi connectivity index (χ1) is 11.3. The van der Waals surface area contributed by atoms with Crippen molar-refractivity contribution in [2.45, 2.75) is 32.2 Å². The zero-order valence-electron chi connectivity index (χ0n) is 12.5. The third-order valence-electron chi connectivity index (χ3n) is 4.37. The predicted molar refractivity (Wildman–Crippen MR) is 85.1 cm³/mol. The van der Waals surface area contributed by atoms with Gasteiger partial charge in [-0.05, 0) is 18.9 Å². The van der Waals surface area contributed by atoms with Gasteiger partial charge in [-0.15, -0.1) is 10.2 Å². The summed E-state index contributed by atoms with van der Waals surface area (Å²) >= 11 is 0. The Morgan fingerprint density at radius 1 is 1.22 bits per heavy atom. The zero-order valence-corrected chi connectivity index (χ0v) is 12.5. The summed E-state index contributed by atoms with van der Waals surface area (Å²) in [6.07, 6.45) is 4.13. The number of hydrogen-bond donors (Lipinski definition) is 1. The van der Waals surface area contributed by atoms with Gasteiger partial charge in [0.2, 0.25) is 0 Å². The molecule has 1 aromatic heterocycles. The van der Waals surface area contributed by atoms with Crippen molar-refractivity contribution in [2.24, 2.45) is 0 Å². The molecule has 0 aliphatic carbocycles. The lowest BCUT2D eigenvalue weighted by molar-refractivity contribution is -0.110. The summed E-state index contributed by atoms with van der Waals surface area (Å²) in [6, 6.07) is 9.58. The quantitative estimate of drug-likeness (QED) is 0.647. The van der Waals surface area contributed by atoms with Crippen molar-refractivity contribution in [3.05, 3.63) is 41.5 Å². The maximum absolute atomic E-state index is 12.4. The van der Waals surface area contributed by atoms with Crippen molar-refractivity contribution in [3.8, 4) is 6.07 Å². The number of carbonyl (C=O) groups is 1. The van der Waals surface area contributed by atoms with Crippen molar-refractivity contribution < 1.29 is 4.79 Å². The van der Waals surface area contributed by atoms with Crippen LogP contribution in [0.1, 0.15) is 36.5 Å². The van der Waals surface area contributed by atoms with E-state index in [-0.39, 0.29) is 5.91 Å². The molecule has 2 aliphatic heterocycles. The zero-order chi connectivity index (χ0) is 15.8. The molecule has 2 aromatic rings. The van der Waals surface area contributed by atoms with Crippen molar-refractivity contribution in [3.63, 3.8) is 0 Å². The summed E-state index contributed by atoms with van der Waals surface area (Å²) in [5, 5.41) is 21.0. The molecule has 3 heterocycles. The van der Waals surface area contributed by atoms with E-state index in [0.717, 1.165) is 49.3 Å². The second kappa shape index (κ2) is 5.36. The molecular weight excluding hydrogens is 290 g/mol. The molecule has 0 bridgehead atoms. The van der Waals surface area contributed by atoms with Crippen LogP contribution in [0.5, 0.6) is 0 Å². The SMILES string of the molecule is N#C/C(=C1/C(=O)Nc2ccccc21)c1nnc2n1CCCCC2. The van der Waals surface area contributed by atoms with Crippen LogP contribution in [0.2, 0.25) is 0 Å². The molecule has 6 heteroatoms. The van der Waals surface area contributed by atoms with Crippen LogP contribution in [-0.4, -0.2) is 20.7 Å². The third-order valence-corrected chi connectivity index (χ3v) is 4.37. The molecule has 0 saturated carbocycles. The van der Waals surface area contributed by atoms with Crippen molar-refractivity contribution in [1.29, 1.82) is 5.26 Å². The number of aromatic nitrogens is 3. The fraction of sp³-hybridized carbons (Fsp3) is 0.294. The standard InChI is InChI=1S/C17H15N5O/c18-10-12(15-11-6-3-4-7-13(11)19-17(15)23)16-21-20-14-8-2-1-5-9-22(14)16/h3-4,6-7H,1-2,5,8-9H2,(H,19,23)/b15-12-. The first-order valence-corrected chi connectivity index (χ1v) is 7.77. The van der Waals surface area contributed by atoms with Crippen LogP contribution in [-0.2, 0) is 17.8 Å². The highest BCUT2D eigenvalue weighted by molar-refractivity contribution is 6.37. The van der Waals surface area contributed by atoms with Gasteiger partial charge in [-0.1, -0.05) is 24.6 Å². The normalized spacial score (nSPS) is 18.5. The summed E-state index contributed by atoms with van der Waals surface area (Å²) in [7, 11) is 0. The van der Waals surface area contributed by atoms with Crippen LogP contribution in [0.3, 0.4) is 0 Å². The Morgan fingerprint density at radius 2 is 2.09 bits per heavy atom. The molecule has 0 fully saturated rings. The highest BCUT2D eigenvalue weighted by Crippen LogP contribution is 2.36. The largest absolute Gasteiger partial charge is 0.321 e.